The molecule has 9 heteroatoms. The Balaban J connectivity index is 0.00000342. The summed E-state index contributed by atoms with van der Waals surface area (Å²) in [5, 5.41) is 7.42. The van der Waals surface area contributed by atoms with Crippen molar-refractivity contribution in [2.24, 2.45) is 5.92 Å². The van der Waals surface area contributed by atoms with Crippen molar-refractivity contribution in [3.63, 3.8) is 0 Å². The summed E-state index contributed by atoms with van der Waals surface area (Å²) in [4.78, 5) is 23.1. The normalized spacial score (nSPS) is 15.6. The molecule has 1 atom stereocenters. The molecule has 0 aromatic carbocycles. The first-order valence-electron chi connectivity index (χ1n) is 11.4. The van der Waals surface area contributed by atoms with E-state index in [9.17, 15) is 13.6 Å². The summed E-state index contributed by atoms with van der Waals surface area (Å²) in [6, 6.07) is 4.85. The number of hydrogen-bond donors (Lipinski definition) is 1. The van der Waals surface area contributed by atoms with Crippen LogP contribution in [0.5, 0.6) is 0 Å². The van der Waals surface area contributed by atoms with Crippen LogP contribution in [0.3, 0.4) is 0 Å². The number of nitrogens with one attached hydrogen (secondary N) is 1. The second-order valence-corrected chi connectivity index (χ2v) is 9.37. The fourth-order valence-electron chi connectivity index (χ4n) is 4.41. The minimum atomic E-state index is -2.95. The van der Waals surface area contributed by atoms with E-state index < -0.39 is 5.92 Å². The number of anilines is 2. The standard InChI is InChI=1S/C25H30F2N6O.CH4/c1-15(2)23-24(34)31-22-16(3)30-19(10-20(22)32(23)5)8-6-18-12-29-33(14-18)13-17-7-9-21(28-11-17)25(4,26)27;/h7,9-12,14-15,23H,6,8,13H2,1-5H3,(H,31,34);1H4/t23-;/m0./s1. The first-order chi connectivity index (χ1) is 16.0. The van der Waals surface area contributed by atoms with Gasteiger partial charge in [0.1, 0.15) is 11.7 Å². The zero-order valence-electron chi connectivity index (χ0n) is 20.1. The molecular formula is C26H34F2N6O. The third-order valence-electron chi connectivity index (χ3n) is 6.15. The van der Waals surface area contributed by atoms with Crippen molar-refractivity contribution in [3.05, 3.63) is 65.0 Å². The predicted molar refractivity (Wildman–Crippen MR) is 134 cm³/mol. The summed E-state index contributed by atoms with van der Waals surface area (Å²) in [7, 11) is 1.96. The molecule has 1 amide bonds. The Morgan fingerprint density at radius 3 is 2.54 bits per heavy atom. The van der Waals surface area contributed by atoms with Gasteiger partial charge >= 0.3 is 0 Å². The van der Waals surface area contributed by atoms with Crippen LogP contribution in [0.1, 0.15) is 56.4 Å². The highest BCUT2D eigenvalue weighted by atomic mass is 19.3. The van der Waals surface area contributed by atoms with E-state index in [1.807, 2.05) is 45.1 Å². The summed E-state index contributed by atoms with van der Waals surface area (Å²) < 4.78 is 28.5. The van der Waals surface area contributed by atoms with E-state index in [1.54, 1.807) is 10.7 Å². The summed E-state index contributed by atoms with van der Waals surface area (Å²) in [6.07, 6.45) is 6.72. The molecule has 0 fully saturated rings. The second kappa shape index (κ2) is 10.1. The van der Waals surface area contributed by atoms with Crippen LogP contribution in [0.15, 0.2) is 36.8 Å². The van der Waals surface area contributed by atoms with Crippen LogP contribution in [-0.2, 0) is 30.1 Å². The highest BCUT2D eigenvalue weighted by Gasteiger charge is 2.34. The molecule has 0 saturated heterocycles. The maximum atomic E-state index is 13.3. The molecule has 0 saturated carbocycles. The van der Waals surface area contributed by atoms with E-state index in [-0.39, 0.29) is 31.0 Å². The first kappa shape index (κ1) is 26.2. The fourth-order valence-corrected chi connectivity index (χ4v) is 4.41. The van der Waals surface area contributed by atoms with Crippen molar-refractivity contribution >= 4 is 17.3 Å². The Morgan fingerprint density at radius 1 is 1.17 bits per heavy atom. The zero-order chi connectivity index (χ0) is 24.6. The van der Waals surface area contributed by atoms with E-state index >= 15 is 0 Å². The van der Waals surface area contributed by atoms with Gasteiger partial charge in [0.25, 0.3) is 5.92 Å². The molecule has 3 aromatic heterocycles. The molecule has 7 nitrogen and oxygen atoms in total. The molecule has 1 N–H and O–H groups in total. The van der Waals surface area contributed by atoms with Crippen molar-refractivity contribution in [3.8, 4) is 0 Å². The maximum Gasteiger partial charge on any atom is 0.286 e. The molecule has 4 heterocycles. The van der Waals surface area contributed by atoms with E-state index in [1.165, 1.54) is 12.3 Å². The molecule has 4 rings (SSSR count). The Labute approximate surface area is 205 Å². The van der Waals surface area contributed by atoms with Crippen LogP contribution in [0.25, 0.3) is 0 Å². The monoisotopic (exact) mass is 484 g/mol. The Kier molecular flexibility index (Phi) is 7.57. The van der Waals surface area contributed by atoms with E-state index in [4.69, 9.17) is 4.98 Å². The highest BCUT2D eigenvalue weighted by molar-refractivity contribution is 6.04. The number of nitrogens with zero attached hydrogens (tertiary/aromatic N) is 5. The van der Waals surface area contributed by atoms with Crippen molar-refractivity contribution in [1.82, 2.24) is 19.7 Å². The molecule has 0 unspecified atom stereocenters. The number of likely N-dealkylation sites (N-methyl/N-ethyl adjacent to an activating group) is 1. The topological polar surface area (TPSA) is 75.9 Å². The molecule has 0 spiro atoms. The van der Waals surface area contributed by atoms with Gasteiger partial charge < -0.3 is 10.2 Å². The van der Waals surface area contributed by atoms with Gasteiger partial charge in [0, 0.05) is 32.1 Å². The van der Waals surface area contributed by atoms with Crippen molar-refractivity contribution in [1.29, 1.82) is 0 Å². The highest BCUT2D eigenvalue weighted by Crippen LogP contribution is 2.35. The average molecular weight is 485 g/mol. The molecule has 0 aliphatic carbocycles. The second-order valence-electron chi connectivity index (χ2n) is 9.37. The van der Waals surface area contributed by atoms with Gasteiger partial charge in [0.05, 0.1) is 29.8 Å². The van der Waals surface area contributed by atoms with Gasteiger partial charge in [0.15, 0.2) is 0 Å². The van der Waals surface area contributed by atoms with Gasteiger partial charge in [-0.25, -0.2) is 0 Å². The Bertz CT molecular complexity index is 1180. The van der Waals surface area contributed by atoms with Crippen molar-refractivity contribution in [2.45, 2.75) is 66.5 Å². The van der Waals surface area contributed by atoms with Gasteiger partial charge in [-0.2, -0.15) is 13.9 Å². The lowest BCUT2D eigenvalue weighted by atomic mass is 9.97. The number of halogens is 2. The fraction of sp³-hybridized carbons (Fsp3) is 0.462. The number of alkyl halides is 2. The number of pyridine rings is 2. The van der Waals surface area contributed by atoms with Gasteiger partial charge in [-0.15, -0.1) is 0 Å². The lowest BCUT2D eigenvalue weighted by Gasteiger charge is -2.38. The van der Waals surface area contributed by atoms with Crippen LogP contribution in [0.4, 0.5) is 20.2 Å². The lowest BCUT2D eigenvalue weighted by molar-refractivity contribution is -0.118. The van der Waals surface area contributed by atoms with E-state index in [2.05, 4.69) is 21.5 Å². The first-order valence-corrected chi connectivity index (χ1v) is 11.4. The number of carbonyl (C=O) groups excluding carboxylic acids is 1. The molecule has 3 aromatic rings. The van der Waals surface area contributed by atoms with Crippen LogP contribution in [0.2, 0.25) is 0 Å². The largest absolute Gasteiger partial charge is 0.361 e. The summed E-state index contributed by atoms with van der Waals surface area (Å²) in [5.74, 6) is -2.76. The van der Waals surface area contributed by atoms with Crippen LogP contribution in [0, 0.1) is 12.8 Å². The molecule has 35 heavy (non-hydrogen) atoms. The van der Waals surface area contributed by atoms with Crippen molar-refractivity contribution in [2.75, 3.05) is 17.3 Å². The number of amides is 1. The molecule has 188 valence electrons. The number of aromatic nitrogens is 4. The van der Waals surface area contributed by atoms with Crippen LogP contribution in [-0.4, -0.2) is 38.7 Å². The molecular weight excluding hydrogens is 450 g/mol. The summed E-state index contributed by atoms with van der Waals surface area (Å²) in [6.45, 7) is 7.30. The Morgan fingerprint density at radius 2 is 1.91 bits per heavy atom. The SMILES string of the molecule is C.Cc1nc(CCc2cnn(Cc3ccc(C(C)(F)F)nc3)c2)cc2c1NC(=O)[C@H](C(C)C)N2C. The van der Waals surface area contributed by atoms with Crippen LogP contribution < -0.4 is 10.2 Å². The predicted octanol–water partition coefficient (Wildman–Crippen LogP) is 4.98. The zero-order valence-corrected chi connectivity index (χ0v) is 20.1. The number of fused-ring (bicyclic) bond motifs is 1. The number of hydrogen-bond acceptors (Lipinski definition) is 5. The summed E-state index contributed by atoms with van der Waals surface area (Å²) in [5.41, 5.74) is 5.15. The minimum Gasteiger partial charge on any atom is -0.361 e. The molecule has 1 aliphatic heterocycles. The van der Waals surface area contributed by atoms with E-state index in [0.717, 1.165) is 53.7 Å². The van der Waals surface area contributed by atoms with Gasteiger partial charge in [-0.1, -0.05) is 27.3 Å². The molecule has 0 bridgehead atoms. The molecule has 0 radical (unpaired) electrons. The van der Waals surface area contributed by atoms with Gasteiger partial charge in [-0.05, 0) is 48.9 Å². The minimum absolute atomic E-state index is 0. The number of rotatable bonds is 7. The molecule has 1 aliphatic rings. The quantitative estimate of drug-likeness (QED) is 0.512. The number of aryl methyl sites for hydroxylation is 3. The average Bonchev–Trinajstić information content (AvgIpc) is 3.20. The van der Waals surface area contributed by atoms with E-state index in [0.29, 0.717) is 6.54 Å². The lowest BCUT2D eigenvalue weighted by Crippen LogP contribution is -2.49. The summed E-state index contributed by atoms with van der Waals surface area (Å²) >= 11 is 0. The van der Waals surface area contributed by atoms with Gasteiger partial charge in [-0.3, -0.25) is 19.4 Å². The third kappa shape index (κ3) is 5.66. The Hall–Kier alpha value is -3.36. The van der Waals surface area contributed by atoms with Gasteiger partial charge in [0.2, 0.25) is 5.91 Å². The van der Waals surface area contributed by atoms with Crippen LogP contribution >= 0.6 is 0 Å². The smallest absolute Gasteiger partial charge is 0.286 e. The number of carbonyl (C=O) groups is 1. The van der Waals surface area contributed by atoms with Crippen molar-refractivity contribution < 1.29 is 13.6 Å². The third-order valence-corrected chi connectivity index (χ3v) is 6.15. The maximum absolute atomic E-state index is 13.3.